The van der Waals surface area contributed by atoms with Crippen LogP contribution in [0, 0.1) is 11.3 Å². The van der Waals surface area contributed by atoms with E-state index in [1.165, 1.54) is 25.7 Å². The standard InChI is InChI=1S/C12H22O/c1-11(2,3)10-9-6-5-7-12(4,8-9)13-10/h9-10H,5-8H2,1-4H3/t9-,10-,12+/m1/s1. The monoisotopic (exact) mass is 182 g/mol. The smallest absolute Gasteiger partial charge is 0.0662 e. The van der Waals surface area contributed by atoms with E-state index < -0.39 is 0 Å². The van der Waals surface area contributed by atoms with Gasteiger partial charge in [0, 0.05) is 0 Å². The van der Waals surface area contributed by atoms with E-state index in [2.05, 4.69) is 27.7 Å². The summed E-state index contributed by atoms with van der Waals surface area (Å²) >= 11 is 0. The molecule has 0 N–H and O–H groups in total. The van der Waals surface area contributed by atoms with Crippen LogP contribution >= 0.6 is 0 Å². The molecule has 1 aliphatic carbocycles. The molecule has 0 aromatic carbocycles. The van der Waals surface area contributed by atoms with Crippen molar-refractivity contribution in [2.75, 3.05) is 0 Å². The van der Waals surface area contributed by atoms with Crippen molar-refractivity contribution in [1.82, 2.24) is 0 Å². The van der Waals surface area contributed by atoms with Gasteiger partial charge in [-0.3, -0.25) is 0 Å². The molecule has 13 heavy (non-hydrogen) atoms. The van der Waals surface area contributed by atoms with Gasteiger partial charge < -0.3 is 4.74 Å². The molecule has 0 spiro atoms. The molecule has 0 aromatic heterocycles. The topological polar surface area (TPSA) is 9.23 Å². The summed E-state index contributed by atoms with van der Waals surface area (Å²) in [5.74, 6) is 0.832. The van der Waals surface area contributed by atoms with E-state index in [4.69, 9.17) is 4.74 Å². The highest BCUT2D eigenvalue weighted by atomic mass is 16.5. The van der Waals surface area contributed by atoms with E-state index >= 15 is 0 Å². The van der Waals surface area contributed by atoms with Crippen LogP contribution < -0.4 is 0 Å². The fraction of sp³-hybridized carbons (Fsp3) is 1.00. The van der Waals surface area contributed by atoms with Crippen LogP contribution in [0.4, 0.5) is 0 Å². The van der Waals surface area contributed by atoms with Crippen molar-refractivity contribution in [1.29, 1.82) is 0 Å². The summed E-state index contributed by atoms with van der Waals surface area (Å²) in [5.41, 5.74) is 0.549. The first-order valence-electron chi connectivity index (χ1n) is 5.59. The van der Waals surface area contributed by atoms with Gasteiger partial charge >= 0.3 is 0 Å². The van der Waals surface area contributed by atoms with E-state index in [0.29, 0.717) is 11.5 Å². The third-order valence-electron chi connectivity index (χ3n) is 3.67. The molecule has 2 bridgehead atoms. The highest BCUT2D eigenvalue weighted by molar-refractivity contribution is 4.98. The lowest BCUT2D eigenvalue weighted by Crippen LogP contribution is -2.32. The van der Waals surface area contributed by atoms with Gasteiger partial charge in [-0.15, -0.1) is 0 Å². The Labute approximate surface area is 81.9 Å². The lowest BCUT2D eigenvalue weighted by molar-refractivity contribution is -0.0735. The molecule has 1 saturated heterocycles. The molecule has 1 heterocycles. The molecule has 1 saturated carbocycles. The second kappa shape index (κ2) is 2.73. The third kappa shape index (κ3) is 1.63. The number of rotatable bonds is 0. The first-order valence-corrected chi connectivity index (χ1v) is 5.59. The zero-order chi connectivity index (χ0) is 9.69. The predicted molar refractivity (Wildman–Crippen MR) is 54.7 cm³/mol. The maximum atomic E-state index is 6.24. The van der Waals surface area contributed by atoms with Crippen LogP contribution in [0.3, 0.4) is 0 Å². The SMILES string of the molecule is CC(C)(C)[C@@H]1O[C@@]2(C)CCC[C@@H]1C2. The molecule has 1 nitrogen and oxygen atoms in total. The number of ether oxygens (including phenoxy) is 1. The zero-order valence-corrected chi connectivity index (χ0v) is 9.39. The van der Waals surface area contributed by atoms with Crippen molar-refractivity contribution >= 4 is 0 Å². The maximum absolute atomic E-state index is 6.24. The minimum Gasteiger partial charge on any atom is -0.371 e. The molecule has 2 fully saturated rings. The summed E-state index contributed by atoms with van der Waals surface area (Å²) in [6, 6.07) is 0. The van der Waals surface area contributed by atoms with Crippen molar-refractivity contribution in [2.24, 2.45) is 11.3 Å². The van der Waals surface area contributed by atoms with Gasteiger partial charge in [0.1, 0.15) is 0 Å². The fourth-order valence-corrected chi connectivity index (χ4v) is 3.15. The second-order valence-electron chi connectivity index (χ2n) is 6.21. The molecular formula is C12H22O. The molecule has 0 unspecified atom stereocenters. The van der Waals surface area contributed by atoms with E-state index in [9.17, 15) is 0 Å². The van der Waals surface area contributed by atoms with Crippen molar-refractivity contribution in [3.63, 3.8) is 0 Å². The summed E-state index contributed by atoms with van der Waals surface area (Å²) < 4.78 is 6.24. The minimum absolute atomic E-state index is 0.223. The van der Waals surface area contributed by atoms with E-state index in [1.54, 1.807) is 0 Å². The Bertz CT molecular complexity index is 204. The zero-order valence-electron chi connectivity index (χ0n) is 9.39. The van der Waals surface area contributed by atoms with Crippen molar-refractivity contribution in [3.05, 3.63) is 0 Å². The Morgan fingerprint density at radius 2 is 2.00 bits per heavy atom. The largest absolute Gasteiger partial charge is 0.371 e. The van der Waals surface area contributed by atoms with Crippen LogP contribution in [-0.2, 0) is 4.74 Å². The normalized spacial score (nSPS) is 45.2. The Morgan fingerprint density at radius 1 is 1.31 bits per heavy atom. The van der Waals surface area contributed by atoms with Gasteiger partial charge in [0.15, 0.2) is 0 Å². The van der Waals surface area contributed by atoms with Crippen molar-refractivity contribution < 1.29 is 4.74 Å². The Hall–Kier alpha value is -0.0400. The lowest BCUT2D eigenvalue weighted by atomic mass is 9.74. The van der Waals surface area contributed by atoms with Gasteiger partial charge in [-0.2, -0.15) is 0 Å². The average molecular weight is 182 g/mol. The molecule has 1 aliphatic heterocycles. The molecule has 0 radical (unpaired) electrons. The number of hydrogen-bond donors (Lipinski definition) is 0. The summed E-state index contributed by atoms with van der Waals surface area (Å²) in [7, 11) is 0. The van der Waals surface area contributed by atoms with Gasteiger partial charge in [-0.1, -0.05) is 27.2 Å². The Morgan fingerprint density at radius 3 is 2.54 bits per heavy atom. The van der Waals surface area contributed by atoms with Gasteiger partial charge in [0.2, 0.25) is 0 Å². The van der Waals surface area contributed by atoms with Crippen molar-refractivity contribution in [2.45, 2.75) is 65.1 Å². The molecule has 3 atom stereocenters. The van der Waals surface area contributed by atoms with E-state index in [0.717, 1.165) is 5.92 Å². The molecule has 1 heteroatoms. The summed E-state index contributed by atoms with van der Waals surface area (Å²) in [6.45, 7) is 9.22. The fourth-order valence-electron chi connectivity index (χ4n) is 3.15. The lowest BCUT2D eigenvalue weighted by Gasteiger charge is -2.30. The van der Waals surface area contributed by atoms with Crippen molar-refractivity contribution in [3.8, 4) is 0 Å². The summed E-state index contributed by atoms with van der Waals surface area (Å²) in [4.78, 5) is 0. The van der Waals surface area contributed by atoms with Gasteiger partial charge in [0.05, 0.1) is 11.7 Å². The molecule has 76 valence electrons. The summed E-state index contributed by atoms with van der Waals surface area (Å²) in [6.07, 6.45) is 5.83. The molecular weight excluding hydrogens is 160 g/mol. The summed E-state index contributed by atoms with van der Waals surface area (Å²) in [5, 5.41) is 0. The average Bonchev–Trinajstić information content (AvgIpc) is 2.20. The van der Waals surface area contributed by atoms with Crippen LogP contribution in [0.15, 0.2) is 0 Å². The van der Waals surface area contributed by atoms with Gasteiger partial charge in [0.25, 0.3) is 0 Å². The van der Waals surface area contributed by atoms with Crippen LogP contribution in [0.25, 0.3) is 0 Å². The molecule has 2 aliphatic rings. The minimum atomic E-state index is 0.223. The van der Waals surface area contributed by atoms with Crippen LogP contribution in [0.2, 0.25) is 0 Å². The van der Waals surface area contributed by atoms with Crippen LogP contribution in [-0.4, -0.2) is 11.7 Å². The maximum Gasteiger partial charge on any atom is 0.0662 e. The van der Waals surface area contributed by atoms with Crippen LogP contribution in [0.5, 0.6) is 0 Å². The van der Waals surface area contributed by atoms with Gasteiger partial charge in [-0.05, 0) is 37.5 Å². The molecule has 2 rings (SSSR count). The first kappa shape index (κ1) is 9.51. The highest BCUT2D eigenvalue weighted by Gasteiger charge is 2.49. The quantitative estimate of drug-likeness (QED) is 0.558. The third-order valence-corrected chi connectivity index (χ3v) is 3.67. The number of hydrogen-bond acceptors (Lipinski definition) is 1. The molecule has 0 aromatic rings. The molecule has 0 amide bonds. The van der Waals surface area contributed by atoms with Gasteiger partial charge in [-0.25, -0.2) is 0 Å². The first-order chi connectivity index (χ1) is 5.91. The van der Waals surface area contributed by atoms with E-state index in [1.807, 2.05) is 0 Å². The van der Waals surface area contributed by atoms with Crippen LogP contribution in [0.1, 0.15) is 53.4 Å². The van der Waals surface area contributed by atoms with E-state index in [-0.39, 0.29) is 5.60 Å². The predicted octanol–water partition coefficient (Wildman–Crippen LogP) is 3.38. The Kier molecular flexibility index (Phi) is 1.99. The number of fused-ring (bicyclic) bond motifs is 2. The second-order valence-corrected chi connectivity index (χ2v) is 6.21. The Balaban J connectivity index is 2.17. The highest BCUT2D eigenvalue weighted by Crippen LogP contribution is 2.50.